The molecule has 0 bridgehead atoms. The predicted molar refractivity (Wildman–Crippen MR) is 78.0 cm³/mol. The third-order valence-electron chi connectivity index (χ3n) is 3.74. The zero-order valence-electron chi connectivity index (χ0n) is 10.7. The number of aryl methyl sites for hydroxylation is 3. The van der Waals surface area contributed by atoms with Gasteiger partial charge < -0.3 is 0 Å². The molecule has 0 aliphatic heterocycles. The first-order chi connectivity index (χ1) is 8.78. The summed E-state index contributed by atoms with van der Waals surface area (Å²) in [4.78, 5) is 0. The third kappa shape index (κ3) is 2.07. The summed E-state index contributed by atoms with van der Waals surface area (Å²) in [6.07, 6.45) is 5.12. The van der Waals surface area contributed by atoms with Crippen LogP contribution in [-0.2, 0) is 25.6 Å². The highest BCUT2D eigenvalue weighted by molar-refractivity contribution is 7.79. The average molecular weight is 258 g/mol. The van der Waals surface area contributed by atoms with E-state index in [2.05, 4.69) is 42.0 Å². The molecular formula is C15H18N2S. The van der Waals surface area contributed by atoms with Crippen molar-refractivity contribution in [1.29, 1.82) is 0 Å². The Bertz CT molecular complexity index is 572. The Morgan fingerprint density at radius 3 is 2.67 bits per heavy atom. The largest absolute Gasteiger partial charge is 0.268 e. The normalized spacial score (nSPS) is 14.6. The molecule has 18 heavy (non-hydrogen) atoms. The van der Waals surface area contributed by atoms with Crippen LogP contribution in [0.1, 0.15) is 29.7 Å². The van der Waals surface area contributed by atoms with Gasteiger partial charge in [-0.2, -0.15) is 17.7 Å². The highest BCUT2D eigenvalue weighted by Gasteiger charge is 2.12. The minimum absolute atomic E-state index is 0.693. The minimum atomic E-state index is 0.693. The molecule has 0 unspecified atom stereocenters. The van der Waals surface area contributed by atoms with Crippen LogP contribution < -0.4 is 0 Å². The van der Waals surface area contributed by atoms with Crippen LogP contribution in [0.5, 0.6) is 0 Å². The fourth-order valence-corrected chi connectivity index (χ4v) is 2.92. The Morgan fingerprint density at radius 2 is 1.94 bits per heavy atom. The first-order valence-corrected chi connectivity index (χ1v) is 7.17. The molecular weight excluding hydrogens is 240 g/mol. The molecule has 0 fully saturated rings. The Kier molecular flexibility index (Phi) is 3.16. The Balaban J connectivity index is 2.03. The number of aromatic nitrogens is 2. The van der Waals surface area contributed by atoms with Crippen molar-refractivity contribution in [3.8, 4) is 11.3 Å². The van der Waals surface area contributed by atoms with Gasteiger partial charge in [0.2, 0.25) is 0 Å². The van der Waals surface area contributed by atoms with Gasteiger partial charge in [-0.25, -0.2) is 0 Å². The number of nitrogens with zero attached hydrogens (tertiary/aromatic N) is 2. The van der Waals surface area contributed by atoms with Gasteiger partial charge >= 0.3 is 0 Å². The van der Waals surface area contributed by atoms with E-state index in [1.54, 1.807) is 0 Å². The summed E-state index contributed by atoms with van der Waals surface area (Å²) in [6.45, 7) is 0. The molecule has 0 saturated heterocycles. The molecule has 1 aromatic heterocycles. The van der Waals surface area contributed by atoms with E-state index in [0.29, 0.717) is 5.75 Å². The summed E-state index contributed by atoms with van der Waals surface area (Å²) in [5.74, 6) is 0.693. The van der Waals surface area contributed by atoms with Crippen molar-refractivity contribution in [3.63, 3.8) is 0 Å². The molecule has 0 amide bonds. The number of fused-ring (bicyclic) bond motifs is 1. The zero-order chi connectivity index (χ0) is 12.5. The Labute approximate surface area is 113 Å². The number of hydrogen-bond donors (Lipinski definition) is 1. The lowest BCUT2D eigenvalue weighted by Gasteiger charge is -2.16. The lowest BCUT2D eigenvalue weighted by atomic mass is 9.90. The van der Waals surface area contributed by atoms with Crippen molar-refractivity contribution in [3.05, 3.63) is 41.1 Å². The van der Waals surface area contributed by atoms with Crippen molar-refractivity contribution in [1.82, 2.24) is 9.78 Å². The topological polar surface area (TPSA) is 17.8 Å². The molecule has 0 saturated carbocycles. The van der Waals surface area contributed by atoms with Crippen LogP contribution in [-0.4, -0.2) is 9.78 Å². The molecule has 1 aliphatic carbocycles. The summed E-state index contributed by atoms with van der Waals surface area (Å²) < 4.78 is 1.95. The summed E-state index contributed by atoms with van der Waals surface area (Å²) in [5.41, 5.74) is 6.55. The lowest BCUT2D eigenvalue weighted by molar-refractivity contribution is 0.685. The molecule has 2 aromatic rings. The number of hydrogen-bond acceptors (Lipinski definition) is 2. The molecule has 1 heterocycles. The van der Waals surface area contributed by atoms with E-state index < -0.39 is 0 Å². The lowest BCUT2D eigenvalue weighted by Crippen LogP contribution is -2.03. The molecule has 0 atom stereocenters. The Hall–Kier alpha value is -1.22. The molecule has 3 rings (SSSR count). The second-order valence-corrected chi connectivity index (χ2v) is 5.31. The van der Waals surface area contributed by atoms with Crippen LogP contribution in [0.2, 0.25) is 0 Å². The molecule has 2 nitrogen and oxygen atoms in total. The van der Waals surface area contributed by atoms with E-state index in [-0.39, 0.29) is 0 Å². The monoisotopic (exact) mass is 258 g/mol. The van der Waals surface area contributed by atoms with Gasteiger partial charge in [0.25, 0.3) is 0 Å². The number of thiol groups is 1. The van der Waals surface area contributed by atoms with Gasteiger partial charge in [-0.3, -0.25) is 4.68 Å². The van der Waals surface area contributed by atoms with Crippen molar-refractivity contribution in [2.24, 2.45) is 7.05 Å². The van der Waals surface area contributed by atoms with E-state index in [9.17, 15) is 0 Å². The van der Waals surface area contributed by atoms with E-state index in [0.717, 1.165) is 5.69 Å². The van der Waals surface area contributed by atoms with Crippen molar-refractivity contribution in [2.45, 2.75) is 31.4 Å². The van der Waals surface area contributed by atoms with Crippen LogP contribution in [0.15, 0.2) is 24.3 Å². The Morgan fingerprint density at radius 1 is 1.17 bits per heavy atom. The standard InChI is InChI=1S/C15H18N2S/c1-17-15(9-14(10-18)16-17)13-7-6-11-4-2-3-5-12(11)8-13/h6-9,18H,2-5,10H2,1H3. The first kappa shape index (κ1) is 11.8. The van der Waals surface area contributed by atoms with Crippen LogP contribution in [0.3, 0.4) is 0 Å². The molecule has 0 N–H and O–H groups in total. The summed E-state index contributed by atoms with van der Waals surface area (Å²) in [7, 11) is 2.00. The van der Waals surface area contributed by atoms with Crippen molar-refractivity contribution in [2.75, 3.05) is 0 Å². The molecule has 1 aliphatic rings. The van der Waals surface area contributed by atoms with Gasteiger partial charge in [0.05, 0.1) is 11.4 Å². The van der Waals surface area contributed by atoms with Crippen LogP contribution in [0.4, 0.5) is 0 Å². The van der Waals surface area contributed by atoms with Crippen LogP contribution in [0.25, 0.3) is 11.3 Å². The minimum Gasteiger partial charge on any atom is -0.268 e. The SMILES string of the molecule is Cn1nc(CS)cc1-c1ccc2c(c1)CCCC2. The zero-order valence-corrected chi connectivity index (χ0v) is 11.6. The smallest absolute Gasteiger partial charge is 0.0727 e. The van der Waals surface area contributed by atoms with Crippen LogP contribution >= 0.6 is 12.6 Å². The van der Waals surface area contributed by atoms with Gasteiger partial charge in [0.15, 0.2) is 0 Å². The first-order valence-electron chi connectivity index (χ1n) is 6.54. The van der Waals surface area contributed by atoms with Crippen LogP contribution in [0, 0.1) is 0 Å². The van der Waals surface area contributed by atoms with Gasteiger partial charge in [0, 0.05) is 18.4 Å². The maximum Gasteiger partial charge on any atom is 0.0727 e. The quantitative estimate of drug-likeness (QED) is 0.817. The molecule has 0 spiro atoms. The second-order valence-electron chi connectivity index (χ2n) is 4.99. The van der Waals surface area contributed by atoms with Gasteiger partial charge in [-0.05, 0) is 48.9 Å². The van der Waals surface area contributed by atoms with Gasteiger partial charge in [-0.1, -0.05) is 12.1 Å². The van der Waals surface area contributed by atoms with E-state index in [1.165, 1.54) is 48.1 Å². The molecule has 0 radical (unpaired) electrons. The van der Waals surface area contributed by atoms with E-state index in [1.807, 2.05) is 11.7 Å². The van der Waals surface area contributed by atoms with Crippen molar-refractivity contribution >= 4 is 12.6 Å². The fourth-order valence-electron chi connectivity index (χ4n) is 2.77. The van der Waals surface area contributed by atoms with Gasteiger partial charge in [0.1, 0.15) is 0 Å². The highest BCUT2D eigenvalue weighted by atomic mass is 32.1. The van der Waals surface area contributed by atoms with E-state index in [4.69, 9.17) is 0 Å². The maximum atomic E-state index is 4.46. The maximum absolute atomic E-state index is 4.46. The molecule has 1 aromatic carbocycles. The molecule has 94 valence electrons. The number of benzene rings is 1. The second kappa shape index (κ2) is 4.81. The summed E-state index contributed by atoms with van der Waals surface area (Å²) in [5, 5.41) is 4.46. The summed E-state index contributed by atoms with van der Waals surface area (Å²) in [6, 6.07) is 8.99. The van der Waals surface area contributed by atoms with Gasteiger partial charge in [-0.15, -0.1) is 0 Å². The molecule has 3 heteroatoms. The predicted octanol–water partition coefficient (Wildman–Crippen LogP) is 3.40. The van der Waals surface area contributed by atoms with Crippen molar-refractivity contribution < 1.29 is 0 Å². The van der Waals surface area contributed by atoms with E-state index >= 15 is 0 Å². The third-order valence-corrected chi connectivity index (χ3v) is 4.06. The fraction of sp³-hybridized carbons (Fsp3) is 0.400. The number of rotatable bonds is 2. The highest BCUT2D eigenvalue weighted by Crippen LogP contribution is 2.27. The average Bonchev–Trinajstić information content (AvgIpc) is 2.79. The summed E-state index contributed by atoms with van der Waals surface area (Å²) >= 11 is 4.29.